The lowest BCUT2D eigenvalue weighted by Gasteiger charge is -2.33. The molecule has 1 aliphatic heterocycles. The highest BCUT2D eigenvalue weighted by atomic mass is 19.1. The molecular formula is C23H25FN4O4. The molecule has 0 unspecified atom stereocenters. The van der Waals surface area contributed by atoms with Crippen molar-refractivity contribution in [3.8, 4) is 5.75 Å². The van der Waals surface area contributed by atoms with E-state index in [0.717, 1.165) is 31.4 Å². The number of rotatable bonds is 6. The maximum atomic E-state index is 13.5. The number of β-amino-alcohol motifs (C(OH)–C–C–N with tert-alkyl or cyclic N) is 1. The lowest BCUT2D eigenvalue weighted by Crippen LogP contribution is -2.42. The fourth-order valence-corrected chi connectivity index (χ4v) is 4.51. The third kappa shape index (κ3) is 4.01. The van der Waals surface area contributed by atoms with Crippen LogP contribution in [0.15, 0.2) is 45.6 Å². The Morgan fingerprint density at radius 3 is 2.94 bits per heavy atom. The highest BCUT2D eigenvalue weighted by Gasteiger charge is 2.25. The standard InChI is InChI=1S/C23H25FN4O4/c1-14-25-22-20(3-2-4-21(22)32-14)31-13-17(29)12-27-9-7-16(8-10-27)28-19-6-5-15(24)11-18(19)26-23(28)30/h2-6,11,16-17,29H,7-10,12-13H2,1H3,(H,26,30)/t17-/m1/s1. The third-order valence-corrected chi connectivity index (χ3v) is 5.99. The first-order valence-electron chi connectivity index (χ1n) is 10.8. The Hall–Kier alpha value is -3.17. The summed E-state index contributed by atoms with van der Waals surface area (Å²) in [4.78, 5) is 21.7. The Labute approximate surface area is 183 Å². The van der Waals surface area contributed by atoms with Crippen molar-refractivity contribution >= 4 is 22.1 Å². The summed E-state index contributed by atoms with van der Waals surface area (Å²) in [7, 11) is 0. The molecule has 0 aliphatic carbocycles. The van der Waals surface area contributed by atoms with Gasteiger partial charge in [-0.25, -0.2) is 14.2 Å². The summed E-state index contributed by atoms with van der Waals surface area (Å²) in [6.07, 6.45) is 0.888. The van der Waals surface area contributed by atoms with Crippen LogP contribution in [-0.2, 0) is 0 Å². The maximum Gasteiger partial charge on any atom is 0.326 e. The summed E-state index contributed by atoms with van der Waals surface area (Å²) in [6, 6.07) is 9.89. The molecule has 0 radical (unpaired) electrons. The number of hydrogen-bond acceptors (Lipinski definition) is 6. The fourth-order valence-electron chi connectivity index (χ4n) is 4.51. The average molecular weight is 440 g/mol. The minimum atomic E-state index is -0.659. The predicted octanol–water partition coefficient (Wildman–Crippen LogP) is 3.00. The number of likely N-dealkylation sites (tertiary alicyclic amines) is 1. The molecule has 1 saturated heterocycles. The Kier molecular flexibility index (Phi) is 5.44. The van der Waals surface area contributed by atoms with Crippen LogP contribution in [0.4, 0.5) is 4.39 Å². The number of oxazole rings is 1. The van der Waals surface area contributed by atoms with Gasteiger partial charge in [-0.1, -0.05) is 6.07 Å². The molecule has 9 heteroatoms. The molecule has 1 atom stereocenters. The monoisotopic (exact) mass is 440 g/mol. The predicted molar refractivity (Wildman–Crippen MR) is 117 cm³/mol. The second-order valence-corrected chi connectivity index (χ2v) is 8.29. The quantitative estimate of drug-likeness (QED) is 0.479. The van der Waals surface area contributed by atoms with Crippen LogP contribution in [-0.4, -0.2) is 56.9 Å². The van der Waals surface area contributed by atoms with Crippen molar-refractivity contribution in [1.29, 1.82) is 0 Å². The summed E-state index contributed by atoms with van der Waals surface area (Å²) in [5.41, 5.74) is 2.34. The van der Waals surface area contributed by atoms with E-state index in [1.54, 1.807) is 17.6 Å². The molecule has 168 valence electrons. The minimum absolute atomic E-state index is 0.0411. The molecule has 3 heterocycles. The molecule has 2 aromatic carbocycles. The van der Waals surface area contributed by atoms with Crippen molar-refractivity contribution in [2.24, 2.45) is 0 Å². The van der Waals surface area contributed by atoms with Crippen LogP contribution in [0.5, 0.6) is 5.75 Å². The van der Waals surface area contributed by atoms with E-state index in [-0.39, 0.29) is 24.2 Å². The number of para-hydroxylation sites is 1. The van der Waals surface area contributed by atoms with Crippen molar-refractivity contribution < 1.29 is 18.7 Å². The molecule has 0 amide bonds. The molecular weight excluding hydrogens is 415 g/mol. The van der Waals surface area contributed by atoms with Gasteiger partial charge in [-0.2, -0.15) is 0 Å². The van der Waals surface area contributed by atoms with Gasteiger partial charge in [0.1, 0.15) is 24.3 Å². The second kappa shape index (κ2) is 8.40. The number of imidazole rings is 1. The van der Waals surface area contributed by atoms with Gasteiger partial charge in [0.05, 0.1) is 11.0 Å². The number of nitrogens with zero attached hydrogens (tertiary/aromatic N) is 3. The van der Waals surface area contributed by atoms with Crippen LogP contribution >= 0.6 is 0 Å². The molecule has 0 spiro atoms. The SMILES string of the molecule is Cc1nc2c(OC[C@H](O)CN3CCC(n4c(=O)[nH]c5cc(F)ccc54)CC3)cccc2o1. The molecule has 0 saturated carbocycles. The number of nitrogens with one attached hydrogen (secondary N) is 1. The first-order valence-corrected chi connectivity index (χ1v) is 10.8. The highest BCUT2D eigenvalue weighted by Crippen LogP contribution is 2.27. The van der Waals surface area contributed by atoms with E-state index < -0.39 is 6.10 Å². The van der Waals surface area contributed by atoms with Gasteiger partial charge in [-0.05, 0) is 43.2 Å². The van der Waals surface area contributed by atoms with Crippen LogP contribution < -0.4 is 10.4 Å². The summed E-state index contributed by atoms with van der Waals surface area (Å²) < 4.78 is 26.5. The summed E-state index contributed by atoms with van der Waals surface area (Å²) >= 11 is 0. The van der Waals surface area contributed by atoms with Crippen molar-refractivity contribution in [2.75, 3.05) is 26.2 Å². The average Bonchev–Trinajstić information content (AvgIpc) is 3.30. The van der Waals surface area contributed by atoms with Crippen LogP contribution in [0.2, 0.25) is 0 Å². The number of aromatic nitrogens is 3. The number of hydrogen-bond donors (Lipinski definition) is 2. The first-order chi connectivity index (χ1) is 15.5. The third-order valence-electron chi connectivity index (χ3n) is 5.99. The molecule has 2 N–H and O–H groups in total. The molecule has 0 bridgehead atoms. The summed E-state index contributed by atoms with van der Waals surface area (Å²) in [5.74, 6) is 0.790. The number of halogens is 1. The van der Waals surface area contributed by atoms with E-state index >= 15 is 0 Å². The number of fused-ring (bicyclic) bond motifs is 2. The van der Waals surface area contributed by atoms with Crippen LogP contribution in [0, 0.1) is 12.7 Å². The van der Waals surface area contributed by atoms with E-state index in [4.69, 9.17) is 9.15 Å². The number of H-pyrrole nitrogens is 1. The lowest BCUT2D eigenvalue weighted by atomic mass is 10.0. The number of piperidine rings is 1. The Balaban J connectivity index is 1.17. The zero-order valence-corrected chi connectivity index (χ0v) is 17.8. The van der Waals surface area contributed by atoms with E-state index in [9.17, 15) is 14.3 Å². The van der Waals surface area contributed by atoms with E-state index in [2.05, 4.69) is 14.9 Å². The first kappa shape index (κ1) is 20.7. The van der Waals surface area contributed by atoms with Gasteiger partial charge in [-0.3, -0.25) is 4.57 Å². The smallest absolute Gasteiger partial charge is 0.326 e. The lowest BCUT2D eigenvalue weighted by molar-refractivity contribution is 0.0563. The number of aliphatic hydroxyl groups excluding tert-OH is 1. The molecule has 1 fully saturated rings. The molecule has 8 nitrogen and oxygen atoms in total. The normalized spacial score (nSPS) is 16.7. The van der Waals surface area contributed by atoms with Gasteiger partial charge < -0.3 is 24.1 Å². The minimum Gasteiger partial charge on any atom is -0.488 e. The number of ether oxygens (including phenoxy) is 1. The number of aromatic amines is 1. The summed E-state index contributed by atoms with van der Waals surface area (Å²) in [5, 5.41) is 10.5. The molecule has 2 aromatic heterocycles. The Morgan fingerprint density at radius 2 is 2.12 bits per heavy atom. The topological polar surface area (TPSA) is 96.5 Å². The summed E-state index contributed by atoms with van der Waals surface area (Å²) in [6.45, 7) is 3.91. The molecule has 4 aromatic rings. The largest absolute Gasteiger partial charge is 0.488 e. The van der Waals surface area contributed by atoms with Crippen molar-refractivity contribution in [2.45, 2.75) is 31.9 Å². The fraction of sp³-hybridized carbons (Fsp3) is 0.391. The molecule has 1 aliphatic rings. The van der Waals surface area contributed by atoms with Crippen LogP contribution in [0.3, 0.4) is 0 Å². The number of aliphatic hydroxyl groups is 1. The van der Waals surface area contributed by atoms with E-state index in [0.29, 0.717) is 34.8 Å². The van der Waals surface area contributed by atoms with Gasteiger partial charge in [-0.15, -0.1) is 0 Å². The van der Waals surface area contributed by atoms with Gasteiger partial charge in [0, 0.05) is 32.6 Å². The zero-order valence-electron chi connectivity index (χ0n) is 17.8. The number of benzene rings is 2. The zero-order chi connectivity index (χ0) is 22.2. The molecule has 32 heavy (non-hydrogen) atoms. The van der Waals surface area contributed by atoms with Gasteiger partial charge in [0.25, 0.3) is 0 Å². The highest BCUT2D eigenvalue weighted by molar-refractivity contribution is 5.79. The maximum absolute atomic E-state index is 13.5. The van der Waals surface area contributed by atoms with Crippen molar-refractivity contribution in [1.82, 2.24) is 19.4 Å². The Bertz CT molecular complexity index is 1300. The molecule has 5 rings (SSSR count). The van der Waals surface area contributed by atoms with Crippen molar-refractivity contribution in [3.63, 3.8) is 0 Å². The van der Waals surface area contributed by atoms with Gasteiger partial charge in [0.15, 0.2) is 17.0 Å². The number of aryl methyl sites for hydroxylation is 1. The second-order valence-electron chi connectivity index (χ2n) is 8.29. The van der Waals surface area contributed by atoms with E-state index in [1.165, 1.54) is 12.1 Å². The van der Waals surface area contributed by atoms with Crippen molar-refractivity contribution in [3.05, 3.63) is 58.6 Å². The van der Waals surface area contributed by atoms with Crippen LogP contribution in [0.25, 0.3) is 22.1 Å². The van der Waals surface area contributed by atoms with E-state index in [1.807, 2.05) is 18.2 Å². The van der Waals surface area contributed by atoms with Gasteiger partial charge >= 0.3 is 5.69 Å². The van der Waals surface area contributed by atoms with Gasteiger partial charge in [0.2, 0.25) is 0 Å². The van der Waals surface area contributed by atoms with Crippen LogP contribution in [0.1, 0.15) is 24.8 Å². The Morgan fingerprint density at radius 1 is 1.31 bits per heavy atom.